The largest absolute Gasteiger partial charge is 0.337 e. The summed E-state index contributed by atoms with van der Waals surface area (Å²) in [6.07, 6.45) is 6.41. The first-order chi connectivity index (χ1) is 17.8. The molecule has 0 unspecified atom stereocenters. The first-order valence-electron chi connectivity index (χ1n) is 13.1. The maximum atomic E-state index is 13.0. The second-order valence-electron chi connectivity index (χ2n) is 9.09. The van der Waals surface area contributed by atoms with Gasteiger partial charge in [0.1, 0.15) is 0 Å². The Hall–Kier alpha value is -3.73. The first-order valence-corrected chi connectivity index (χ1v) is 13.1. The van der Waals surface area contributed by atoms with Crippen molar-refractivity contribution in [1.82, 2.24) is 14.7 Å². The number of rotatable bonds is 10. The van der Waals surface area contributed by atoms with Crippen LogP contribution in [-0.4, -0.2) is 39.5 Å². The zero-order chi connectivity index (χ0) is 27.4. The van der Waals surface area contributed by atoms with Gasteiger partial charge < -0.3 is 4.90 Å². The number of carbonyl (C=O) groups is 2. The third-order valence-electron chi connectivity index (χ3n) is 6.13. The predicted octanol–water partition coefficient (Wildman–Crippen LogP) is 7.29. The fourth-order valence-corrected chi connectivity index (χ4v) is 3.98. The van der Waals surface area contributed by atoms with Gasteiger partial charge in [-0.25, -0.2) is 4.68 Å². The number of hydrogen-bond acceptors (Lipinski definition) is 3. The number of allylic oxidation sites excluding steroid dienone is 2. The smallest absolute Gasteiger partial charge is 0.274 e. The number of amides is 1. The highest BCUT2D eigenvalue weighted by Gasteiger charge is 2.21. The van der Waals surface area contributed by atoms with Crippen LogP contribution in [0.15, 0.2) is 73.3 Å². The van der Waals surface area contributed by atoms with Gasteiger partial charge in [-0.3, -0.25) is 9.59 Å². The summed E-state index contributed by atoms with van der Waals surface area (Å²) in [7, 11) is 0. The fraction of sp³-hybridized carbons (Fsp3) is 0.344. The predicted molar refractivity (Wildman–Crippen MR) is 154 cm³/mol. The van der Waals surface area contributed by atoms with Crippen LogP contribution in [-0.2, 0) is 6.42 Å². The third kappa shape index (κ3) is 8.14. The van der Waals surface area contributed by atoms with Gasteiger partial charge in [0.2, 0.25) is 0 Å². The molecule has 0 radical (unpaired) electrons. The molecule has 5 heteroatoms. The lowest BCUT2D eigenvalue weighted by Gasteiger charge is -2.20. The molecule has 0 spiro atoms. The van der Waals surface area contributed by atoms with Gasteiger partial charge in [-0.1, -0.05) is 75.9 Å². The van der Waals surface area contributed by atoms with Crippen molar-refractivity contribution in [3.63, 3.8) is 0 Å². The van der Waals surface area contributed by atoms with Crippen LogP contribution in [0.2, 0.25) is 0 Å². The minimum absolute atomic E-state index is 0.00943. The van der Waals surface area contributed by atoms with E-state index >= 15 is 0 Å². The van der Waals surface area contributed by atoms with Gasteiger partial charge in [-0.2, -0.15) is 5.10 Å². The normalized spacial score (nSPS) is 10.9. The summed E-state index contributed by atoms with van der Waals surface area (Å²) in [6.45, 7) is 17.4. The van der Waals surface area contributed by atoms with E-state index in [9.17, 15) is 9.59 Å². The topological polar surface area (TPSA) is 55.2 Å². The molecule has 2 aromatic carbocycles. The molecular formula is C32H41N3O2. The van der Waals surface area contributed by atoms with Crippen LogP contribution in [0.25, 0.3) is 5.70 Å². The van der Waals surface area contributed by atoms with E-state index in [1.54, 1.807) is 13.0 Å². The molecule has 1 aromatic heterocycles. The molecule has 0 bridgehead atoms. The van der Waals surface area contributed by atoms with E-state index in [1.165, 1.54) is 11.1 Å². The molecule has 0 aliphatic carbocycles. The molecule has 3 aromatic rings. The van der Waals surface area contributed by atoms with Gasteiger partial charge in [0.05, 0.1) is 5.70 Å². The van der Waals surface area contributed by atoms with Crippen molar-refractivity contribution in [2.24, 2.45) is 0 Å². The summed E-state index contributed by atoms with van der Waals surface area (Å²) in [5, 5.41) is 4.72. The van der Waals surface area contributed by atoms with Crippen molar-refractivity contribution in [1.29, 1.82) is 0 Å². The van der Waals surface area contributed by atoms with Gasteiger partial charge in [0.15, 0.2) is 11.5 Å². The van der Waals surface area contributed by atoms with E-state index in [-0.39, 0.29) is 11.7 Å². The number of carbonyl (C=O) groups excluding carboxylic acids is 2. The Labute approximate surface area is 222 Å². The molecule has 0 saturated heterocycles. The standard InChI is InChI=1S/C24H33N3O.C8H8O/c1-7-11-23(20-13-12-18(5)19(6)16-20)27-21(10-4)17-22(25-27)24(28)26(14-8-2)15-9-3;1-7(9)8-5-3-2-4-6-8/h7,11-13,16-17H,1,8-10,14-15H2,2-6H3;2-6H,1H3/b23-11-;. The molecule has 37 heavy (non-hydrogen) atoms. The highest BCUT2D eigenvalue weighted by Crippen LogP contribution is 2.23. The van der Waals surface area contributed by atoms with Crippen molar-refractivity contribution in [3.05, 3.63) is 107 Å². The summed E-state index contributed by atoms with van der Waals surface area (Å²) >= 11 is 0. The minimum atomic E-state index is 0.00943. The third-order valence-corrected chi connectivity index (χ3v) is 6.13. The Bertz CT molecular complexity index is 1220. The molecule has 0 saturated carbocycles. The average Bonchev–Trinajstić information content (AvgIpc) is 3.33. The SMILES string of the molecule is C=C/C=C(/c1ccc(C)c(C)c1)n1nc(C(=O)N(CCC)CCC)cc1CC.CC(=O)c1ccccc1. The van der Waals surface area contributed by atoms with Crippen LogP contribution in [0.4, 0.5) is 0 Å². The molecule has 0 N–H and O–H groups in total. The monoisotopic (exact) mass is 499 g/mol. The molecule has 196 valence electrons. The average molecular weight is 500 g/mol. The second kappa shape index (κ2) is 14.7. The first kappa shape index (κ1) is 29.5. The van der Waals surface area contributed by atoms with Crippen molar-refractivity contribution < 1.29 is 9.59 Å². The summed E-state index contributed by atoms with van der Waals surface area (Å²) in [6, 6.07) is 17.5. The Balaban J connectivity index is 0.000000449. The zero-order valence-corrected chi connectivity index (χ0v) is 23.3. The molecule has 0 fully saturated rings. The van der Waals surface area contributed by atoms with E-state index in [1.807, 2.05) is 52.1 Å². The number of aromatic nitrogens is 2. The number of Topliss-reactive ketones (excluding diaryl/α,β-unsaturated/α-hetero) is 1. The fourth-order valence-electron chi connectivity index (χ4n) is 3.98. The molecule has 0 aliphatic rings. The van der Waals surface area contributed by atoms with Crippen LogP contribution in [0.5, 0.6) is 0 Å². The van der Waals surface area contributed by atoms with E-state index in [2.05, 4.69) is 59.4 Å². The zero-order valence-electron chi connectivity index (χ0n) is 23.3. The van der Waals surface area contributed by atoms with E-state index in [4.69, 9.17) is 5.10 Å². The highest BCUT2D eigenvalue weighted by atomic mass is 16.2. The highest BCUT2D eigenvalue weighted by molar-refractivity contribution is 5.94. The second-order valence-corrected chi connectivity index (χ2v) is 9.09. The number of aryl methyl sites for hydroxylation is 3. The summed E-state index contributed by atoms with van der Waals surface area (Å²) in [5.74, 6) is 0.130. The lowest BCUT2D eigenvalue weighted by molar-refractivity contribution is 0.0749. The summed E-state index contributed by atoms with van der Waals surface area (Å²) < 4.78 is 1.90. The molecule has 0 aliphatic heterocycles. The lowest BCUT2D eigenvalue weighted by Crippen LogP contribution is -2.32. The van der Waals surface area contributed by atoms with Crippen LogP contribution >= 0.6 is 0 Å². The number of benzene rings is 2. The van der Waals surface area contributed by atoms with Crippen LogP contribution in [0.3, 0.4) is 0 Å². The summed E-state index contributed by atoms with van der Waals surface area (Å²) in [4.78, 5) is 25.6. The van der Waals surface area contributed by atoms with Gasteiger partial charge >= 0.3 is 0 Å². The van der Waals surface area contributed by atoms with E-state index < -0.39 is 0 Å². The maximum Gasteiger partial charge on any atom is 0.274 e. The van der Waals surface area contributed by atoms with Crippen molar-refractivity contribution in [2.45, 2.75) is 60.8 Å². The molecule has 3 rings (SSSR count). The van der Waals surface area contributed by atoms with Gasteiger partial charge in [0.25, 0.3) is 5.91 Å². The van der Waals surface area contributed by atoms with E-state index in [0.717, 1.165) is 54.9 Å². The van der Waals surface area contributed by atoms with Crippen molar-refractivity contribution in [3.8, 4) is 0 Å². The minimum Gasteiger partial charge on any atom is -0.337 e. The molecule has 1 heterocycles. The number of nitrogens with zero attached hydrogens (tertiary/aromatic N) is 3. The Morgan fingerprint density at radius 3 is 2.05 bits per heavy atom. The number of ketones is 1. The molecule has 1 amide bonds. The van der Waals surface area contributed by atoms with Crippen LogP contribution in [0.1, 0.15) is 83.8 Å². The summed E-state index contributed by atoms with van der Waals surface area (Å²) in [5.41, 5.74) is 6.79. The number of hydrogen-bond donors (Lipinski definition) is 0. The molecule has 5 nitrogen and oxygen atoms in total. The van der Waals surface area contributed by atoms with Crippen LogP contribution in [0, 0.1) is 13.8 Å². The van der Waals surface area contributed by atoms with Gasteiger partial charge in [0, 0.05) is 29.9 Å². The molecular weight excluding hydrogens is 458 g/mol. The quantitative estimate of drug-likeness (QED) is 0.217. The Kier molecular flexibility index (Phi) is 11.8. The maximum absolute atomic E-state index is 13.0. The van der Waals surface area contributed by atoms with Crippen molar-refractivity contribution >= 4 is 17.4 Å². The van der Waals surface area contributed by atoms with Crippen LogP contribution < -0.4 is 0 Å². The van der Waals surface area contributed by atoms with Crippen molar-refractivity contribution in [2.75, 3.05) is 13.1 Å². The van der Waals surface area contributed by atoms with Gasteiger partial charge in [-0.15, -0.1) is 0 Å². The lowest BCUT2D eigenvalue weighted by atomic mass is 10.0. The van der Waals surface area contributed by atoms with E-state index in [0.29, 0.717) is 5.69 Å². The van der Waals surface area contributed by atoms with Gasteiger partial charge in [-0.05, 0) is 69.4 Å². The Morgan fingerprint density at radius 1 is 0.919 bits per heavy atom. The Morgan fingerprint density at radius 2 is 1.57 bits per heavy atom. The molecule has 0 atom stereocenters.